The van der Waals surface area contributed by atoms with Crippen molar-refractivity contribution in [2.45, 2.75) is 12.1 Å². The number of para-hydroxylation sites is 1. The minimum Gasteiger partial charge on any atom is -0.411 e. The molecule has 2 N–H and O–H groups in total. The fraction of sp³-hybridized carbons (Fsp3) is 0.214. The molecule has 0 aliphatic rings. The topological polar surface area (TPSA) is 83.8 Å². The van der Waals surface area contributed by atoms with Gasteiger partial charge in [0.1, 0.15) is 0 Å². The fourth-order valence-corrected chi connectivity index (χ4v) is 2.61. The summed E-state index contributed by atoms with van der Waals surface area (Å²) in [6, 6.07) is 7.95. The van der Waals surface area contributed by atoms with Gasteiger partial charge in [-0.15, -0.1) is 10.2 Å². The molecule has 1 aromatic carbocycles. The Morgan fingerprint density at radius 2 is 2.24 bits per heavy atom. The highest BCUT2D eigenvalue weighted by atomic mass is 32.2. The summed E-state index contributed by atoms with van der Waals surface area (Å²) in [7, 11) is 0. The summed E-state index contributed by atoms with van der Waals surface area (Å²) < 4.78 is 5.65. The normalized spacial score (nSPS) is 10.9. The van der Waals surface area contributed by atoms with E-state index in [1.165, 1.54) is 18.7 Å². The second-order valence-corrected chi connectivity index (χ2v) is 5.50. The third-order valence-electron chi connectivity index (χ3n) is 2.93. The van der Waals surface area contributed by atoms with Crippen LogP contribution in [0.3, 0.4) is 0 Å². The molecular formula is C14H14N4O2S. The molecule has 0 aliphatic carbocycles. The van der Waals surface area contributed by atoms with Crippen LogP contribution < -0.4 is 5.32 Å². The van der Waals surface area contributed by atoms with Crippen LogP contribution in [-0.4, -0.2) is 33.4 Å². The Kier molecular flexibility index (Phi) is 3.92. The number of H-pyrrole nitrogens is 1. The SMILES string of the molecule is CC(=O)NCCSc1nnc(-c2c[nH]c3ccccc23)o1. The molecule has 0 spiro atoms. The molecule has 0 radical (unpaired) electrons. The van der Waals surface area contributed by atoms with Crippen LogP contribution in [0.2, 0.25) is 0 Å². The number of fused-ring (bicyclic) bond motifs is 1. The van der Waals surface area contributed by atoms with Crippen molar-refractivity contribution in [3.8, 4) is 11.5 Å². The number of aromatic amines is 1. The van der Waals surface area contributed by atoms with E-state index in [1.807, 2.05) is 30.5 Å². The molecule has 0 aliphatic heterocycles. The second kappa shape index (κ2) is 6.01. The zero-order valence-corrected chi connectivity index (χ0v) is 12.2. The lowest BCUT2D eigenvalue weighted by Gasteiger charge is -1.98. The molecule has 2 heterocycles. The summed E-state index contributed by atoms with van der Waals surface area (Å²) in [6.45, 7) is 2.07. The highest BCUT2D eigenvalue weighted by Crippen LogP contribution is 2.29. The first kappa shape index (κ1) is 13.7. The van der Waals surface area contributed by atoms with Crippen LogP contribution in [0, 0.1) is 0 Å². The molecule has 0 saturated heterocycles. The van der Waals surface area contributed by atoms with Crippen molar-refractivity contribution in [1.29, 1.82) is 0 Å². The molecule has 1 amide bonds. The molecule has 3 aromatic rings. The lowest BCUT2D eigenvalue weighted by molar-refractivity contribution is -0.118. The predicted octanol–water partition coefficient (Wildman–Crippen LogP) is 2.45. The van der Waals surface area contributed by atoms with Crippen molar-refractivity contribution in [3.63, 3.8) is 0 Å². The molecule has 0 fully saturated rings. The Morgan fingerprint density at radius 1 is 1.38 bits per heavy atom. The maximum Gasteiger partial charge on any atom is 0.276 e. The van der Waals surface area contributed by atoms with Crippen molar-refractivity contribution in [3.05, 3.63) is 30.5 Å². The number of thioether (sulfide) groups is 1. The molecule has 0 saturated carbocycles. The van der Waals surface area contributed by atoms with E-state index in [9.17, 15) is 4.79 Å². The first-order chi connectivity index (χ1) is 10.2. The van der Waals surface area contributed by atoms with Gasteiger partial charge in [0.15, 0.2) is 0 Å². The molecule has 108 valence electrons. The zero-order chi connectivity index (χ0) is 14.7. The smallest absolute Gasteiger partial charge is 0.276 e. The van der Waals surface area contributed by atoms with E-state index in [2.05, 4.69) is 20.5 Å². The van der Waals surface area contributed by atoms with Gasteiger partial charge in [-0.3, -0.25) is 4.79 Å². The maximum atomic E-state index is 10.8. The first-order valence-electron chi connectivity index (χ1n) is 6.51. The minimum absolute atomic E-state index is 0.0411. The van der Waals surface area contributed by atoms with E-state index < -0.39 is 0 Å². The maximum absolute atomic E-state index is 10.8. The molecular weight excluding hydrogens is 288 g/mol. The highest BCUT2D eigenvalue weighted by molar-refractivity contribution is 7.99. The summed E-state index contributed by atoms with van der Waals surface area (Å²) >= 11 is 1.42. The lowest BCUT2D eigenvalue weighted by Crippen LogP contribution is -2.22. The van der Waals surface area contributed by atoms with Crippen molar-refractivity contribution < 1.29 is 9.21 Å². The van der Waals surface area contributed by atoms with Crippen LogP contribution in [0.5, 0.6) is 0 Å². The Labute approximate surface area is 125 Å². The Morgan fingerprint density at radius 3 is 3.10 bits per heavy atom. The van der Waals surface area contributed by atoms with E-state index in [1.54, 1.807) is 0 Å². The third kappa shape index (κ3) is 3.08. The van der Waals surface area contributed by atoms with Crippen LogP contribution in [0.4, 0.5) is 0 Å². The molecule has 7 heteroatoms. The molecule has 3 rings (SSSR count). The second-order valence-electron chi connectivity index (χ2n) is 4.45. The van der Waals surface area contributed by atoms with Gasteiger partial charge in [-0.25, -0.2) is 0 Å². The summed E-state index contributed by atoms with van der Waals surface area (Å²) in [5, 5.41) is 12.4. The van der Waals surface area contributed by atoms with Crippen molar-refractivity contribution in [2.24, 2.45) is 0 Å². The number of nitrogens with one attached hydrogen (secondary N) is 2. The van der Waals surface area contributed by atoms with Crippen LogP contribution in [0.25, 0.3) is 22.4 Å². The fourth-order valence-electron chi connectivity index (χ4n) is 1.99. The van der Waals surface area contributed by atoms with Crippen LogP contribution in [0.1, 0.15) is 6.92 Å². The van der Waals surface area contributed by atoms with Crippen LogP contribution in [-0.2, 0) is 4.79 Å². The van der Waals surface area contributed by atoms with Gasteiger partial charge in [-0.1, -0.05) is 30.0 Å². The van der Waals surface area contributed by atoms with Gasteiger partial charge in [0.05, 0.1) is 5.56 Å². The number of benzene rings is 1. The zero-order valence-electron chi connectivity index (χ0n) is 11.4. The number of carbonyl (C=O) groups excluding carboxylic acids is 1. The average molecular weight is 302 g/mol. The number of nitrogens with zero attached hydrogens (tertiary/aromatic N) is 2. The van der Waals surface area contributed by atoms with Crippen molar-refractivity contribution >= 4 is 28.6 Å². The third-order valence-corrected chi connectivity index (χ3v) is 3.75. The van der Waals surface area contributed by atoms with E-state index in [4.69, 9.17) is 4.42 Å². The van der Waals surface area contributed by atoms with Crippen LogP contribution >= 0.6 is 11.8 Å². The van der Waals surface area contributed by atoms with E-state index in [0.717, 1.165) is 16.5 Å². The van der Waals surface area contributed by atoms with E-state index in [-0.39, 0.29) is 5.91 Å². The van der Waals surface area contributed by atoms with Crippen molar-refractivity contribution in [1.82, 2.24) is 20.5 Å². The number of amides is 1. The monoisotopic (exact) mass is 302 g/mol. The van der Waals surface area contributed by atoms with Crippen molar-refractivity contribution in [2.75, 3.05) is 12.3 Å². The molecule has 6 nitrogen and oxygen atoms in total. The number of rotatable bonds is 5. The van der Waals surface area contributed by atoms with Gasteiger partial charge < -0.3 is 14.7 Å². The Bertz CT molecular complexity index is 765. The molecule has 21 heavy (non-hydrogen) atoms. The lowest BCUT2D eigenvalue weighted by atomic mass is 10.2. The molecule has 0 atom stereocenters. The highest BCUT2D eigenvalue weighted by Gasteiger charge is 2.13. The predicted molar refractivity (Wildman–Crippen MR) is 81.0 cm³/mol. The molecule has 0 bridgehead atoms. The van der Waals surface area contributed by atoms with Crippen LogP contribution in [0.15, 0.2) is 40.1 Å². The number of carbonyl (C=O) groups is 1. The average Bonchev–Trinajstić information content (AvgIpc) is 3.09. The minimum atomic E-state index is -0.0411. The first-order valence-corrected chi connectivity index (χ1v) is 7.50. The summed E-state index contributed by atoms with van der Waals surface area (Å²) in [5.74, 6) is 1.14. The number of aromatic nitrogens is 3. The molecule has 2 aromatic heterocycles. The number of hydrogen-bond acceptors (Lipinski definition) is 5. The van der Waals surface area contributed by atoms with Gasteiger partial charge in [0, 0.05) is 36.3 Å². The molecule has 0 unspecified atom stereocenters. The van der Waals surface area contributed by atoms with Gasteiger partial charge in [0.25, 0.3) is 11.1 Å². The Balaban J connectivity index is 1.71. The summed E-state index contributed by atoms with van der Waals surface area (Å²) in [5.41, 5.74) is 1.93. The van der Waals surface area contributed by atoms with Gasteiger partial charge in [0.2, 0.25) is 5.91 Å². The quantitative estimate of drug-likeness (QED) is 0.558. The van der Waals surface area contributed by atoms with E-state index >= 15 is 0 Å². The summed E-state index contributed by atoms with van der Waals surface area (Å²) in [4.78, 5) is 13.9. The Hall–Kier alpha value is -2.28. The van der Waals surface area contributed by atoms with Gasteiger partial charge >= 0.3 is 0 Å². The number of hydrogen-bond donors (Lipinski definition) is 2. The van der Waals surface area contributed by atoms with E-state index in [0.29, 0.717) is 23.4 Å². The largest absolute Gasteiger partial charge is 0.411 e. The van der Waals surface area contributed by atoms with Gasteiger partial charge in [-0.2, -0.15) is 0 Å². The summed E-state index contributed by atoms with van der Waals surface area (Å²) in [6.07, 6.45) is 1.87. The standard InChI is InChI=1S/C14H14N4O2S/c1-9(19)15-6-7-21-14-18-17-13(20-14)11-8-16-12-5-3-2-4-10(11)12/h2-5,8,16H,6-7H2,1H3,(H,15,19). The van der Waals surface area contributed by atoms with Gasteiger partial charge in [-0.05, 0) is 6.07 Å².